The maximum atomic E-state index is 12.1. The maximum absolute atomic E-state index is 12.1. The van der Waals surface area contributed by atoms with Crippen LogP contribution in [0.2, 0.25) is 0 Å². The third-order valence-corrected chi connectivity index (χ3v) is 4.34. The summed E-state index contributed by atoms with van der Waals surface area (Å²) in [5, 5.41) is 14.2. The van der Waals surface area contributed by atoms with Gasteiger partial charge < -0.3 is 15.4 Å². The number of rotatable bonds is 8. The van der Waals surface area contributed by atoms with Crippen LogP contribution in [0, 0.1) is 6.92 Å². The number of benzene rings is 1. The molecule has 0 radical (unpaired) electrons. The SMILES string of the molecule is CCC(C)NC(=O)COCc1nnc(C(=O)Nc2ccc(C)cc2)s1. The molecular formula is C17H22N4O3S. The van der Waals surface area contributed by atoms with Crippen molar-refractivity contribution in [1.29, 1.82) is 0 Å². The first kappa shape index (κ1) is 19.0. The molecule has 0 bridgehead atoms. The normalized spacial score (nSPS) is 11.8. The van der Waals surface area contributed by atoms with E-state index in [0.29, 0.717) is 10.7 Å². The van der Waals surface area contributed by atoms with Gasteiger partial charge in [-0.3, -0.25) is 9.59 Å². The number of carbonyl (C=O) groups is 2. The van der Waals surface area contributed by atoms with Gasteiger partial charge >= 0.3 is 0 Å². The van der Waals surface area contributed by atoms with Crippen LogP contribution in [0.4, 0.5) is 5.69 Å². The Morgan fingerprint density at radius 3 is 2.64 bits per heavy atom. The van der Waals surface area contributed by atoms with E-state index in [0.717, 1.165) is 23.3 Å². The third kappa shape index (κ3) is 6.24. The van der Waals surface area contributed by atoms with Gasteiger partial charge in [-0.05, 0) is 32.4 Å². The summed E-state index contributed by atoms with van der Waals surface area (Å²) in [6, 6.07) is 7.61. The van der Waals surface area contributed by atoms with Crippen LogP contribution in [0.25, 0.3) is 0 Å². The van der Waals surface area contributed by atoms with E-state index in [1.54, 1.807) is 0 Å². The molecule has 1 heterocycles. The number of nitrogens with one attached hydrogen (secondary N) is 2. The highest BCUT2D eigenvalue weighted by atomic mass is 32.1. The van der Waals surface area contributed by atoms with Crippen molar-refractivity contribution in [3.05, 3.63) is 39.8 Å². The molecule has 0 saturated heterocycles. The van der Waals surface area contributed by atoms with Gasteiger partial charge in [0.15, 0.2) is 0 Å². The predicted molar refractivity (Wildman–Crippen MR) is 96.6 cm³/mol. The van der Waals surface area contributed by atoms with Crippen molar-refractivity contribution >= 4 is 28.8 Å². The number of aryl methyl sites for hydroxylation is 1. The van der Waals surface area contributed by atoms with Crippen molar-refractivity contribution in [3.8, 4) is 0 Å². The number of anilines is 1. The Kier molecular flexibility index (Phi) is 7.03. The zero-order valence-electron chi connectivity index (χ0n) is 14.5. The van der Waals surface area contributed by atoms with Gasteiger partial charge in [0, 0.05) is 11.7 Å². The molecule has 0 aliphatic heterocycles. The minimum absolute atomic E-state index is 0.0468. The van der Waals surface area contributed by atoms with Crippen LogP contribution in [0.15, 0.2) is 24.3 Å². The minimum Gasteiger partial charge on any atom is -0.364 e. The fourth-order valence-corrected chi connectivity index (χ4v) is 2.55. The van der Waals surface area contributed by atoms with Gasteiger partial charge in [-0.25, -0.2) is 0 Å². The summed E-state index contributed by atoms with van der Waals surface area (Å²) in [4.78, 5) is 23.8. The number of carbonyl (C=O) groups excluding carboxylic acids is 2. The Morgan fingerprint density at radius 1 is 1.24 bits per heavy atom. The molecule has 25 heavy (non-hydrogen) atoms. The first-order chi connectivity index (χ1) is 12.0. The summed E-state index contributed by atoms with van der Waals surface area (Å²) < 4.78 is 5.32. The highest BCUT2D eigenvalue weighted by Gasteiger charge is 2.14. The quantitative estimate of drug-likeness (QED) is 0.753. The topological polar surface area (TPSA) is 93.2 Å². The molecule has 0 aliphatic rings. The molecule has 0 spiro atoms. The van der Waals surface area contributed by atoms with Gasteiger partial charge in [0.25, 0.3) is 5.91 Å². The first-order valence-electron chi connectivity index (χ1n) is 8.05. The standard InChI is InChI=1S/C17H22N4O3S/c1-4-12(3)18-14(22)9-24-10-15-20-21-17(25-15)16(23)19-13-7-5-11(2)6-8-13/h5-8,12H,4,9-10H2,1-3H3,(H,18,22)(H,19,23). The van der Waals surface area contributed by atoms with Crippen molar-refractivity contribution in [2.75, 3.05) is 11.9 Å². The van der Waals surface area contributed by atoms with Crippen LogP contribution in [-0.4, -0.2) is 34.7 Å². The lowest BCUT2D eigenvalue weighted by Gasteiger charge is -2.10. The molecule has 134 valence electrons. The fraction of sp³-hybridized carbons (Fsp3) is 0.412. The molecule has 2 amide bonds. The molecule has 2 aromatic rings. The Bertz CT molecular complexity index is 715. The Morgan fingerprint density at radius 2 is 1.96 bits per heavy atom. The summed E-state index contributed by atoms with van der Waals surface area (Å²) in [6.07, 6.45) is 0.863. The summed E-state index contributed by atoms with van der Waals surface area (Å²) >= 11 is 1.14. The van der Waals surface area contributed by atoms with Crippen LogP contribution < -0.4 is 10.6 Å². The molecule has 7 nitrogen and oxygen atoms in total. The molecule has 1 atom stereocenters. The van der Waals surface area contributed by atoms with Gasteiger partial charge in [-0.2, -0.15) is 0 Å². The highest BCUT2D eigenvalue weighted by molar-refractivity contribution is 7.13. The minimum atomic E-state index is -0.317. The summed E-state index contributed by atoms with van der Waals surface area (Å²) in [5.74, 6) is -0.488. The molecule has 0 saturated carbocycles. The number of hydrogen-bond acceptors (Lipinski definition) is 6. The Labute approximate surface area is 150 Å². The van der Waals surface area contributed by atoms with E-state index in [2.05, 4.69) is 20.8 Å². The fourth-order valence-electron chi connectivity index (χ4n) is 1.87. The first-order valence-corrected chi connectivity index (χ1v) is 8.87. The van der Waals surface area contributed by atoms with Crippen LogP contribution >= 0.6 is 11.3 Å². The van der Waals surface area contributed by atoms with Gasteiger partial charge in [0.05, 0.1) is 0 Å². The van der Waals surface area contributed by atoms with E-state index >= 15 is 0 Å². The second kappa shape index (κ2) is 9.24. The second-order valence-corrected chi connectivity index (χ2v) is 6.75. The molecule has 8 heteroatoms. The van der Waals surface area contributed by atoms with Gasteiger partial charge in [-0.1, -0.05) is 36.0 Å². The van der Waals surface area contributed by atoms with Crippen LogP contribution in [0.5, 0.6) is 0 Å². The summed E-state index contributed by atoms with van der Waals surface area (Å²) in [6.45, 7) is 6.00. The number of amides is 2. The van der Waals surface area contributed by atoms with E-state index in [1.807, 2.05) is 45.0 Å². The largest absolute Gasteiger partial charge is 0.364 e. The van der Waals surface area contributed by atoms with E-state index < -0.39 is 0 Å². The van der Waals surface area contributed by atoms with Gasteiger partial charge in [0.1, 0.15) is 18.2 Å². The van der Waals surface area contributed by atoms with Crippen molar-refractivity contribution in [3.63, 3.8) is 0 Å². The zero-order chi connectivity index (χ0) is 18.2. The van der Waals surface area contributed by atoms with Crippen molar-refractivity contribution < 1.29 is 14.3 Å². The number of ether oxygens (including phenoxy) is 1. The predicted octanol–water partition coefficient (Wildman–Crippen LogP) is 2.53. The monoisotopic (exact) mass is 362 g/mol. The molecule has 2 rings (SSSR count). The molecule has 1 aromatic heterocycles. The lowest BCUT2D eigenvalue weighted by Crippen LogP contribution is -2.34. The Hall–Kier alpha value is -2.32. The lowest BCUT2D eigenvalue weighted by atomic mass is 10.2. The molecule has 0 aliphatic carbocycles. The van der Waals surface area contributed by atoms with E-state index in [-0.39, 0.29) is 36.1 Å². The van der Waals surface area contributed by atoms with Crippen molar-refractivity contribution in [1.82, 2.24) is 15.5 Å². The van der Waals surface area contributed by atoms with Gasteiger partial charge in [-0.15, -0.1) is 10.2 Å². The Balaban J connectivity index is 1.80. The third-order valence-electron chi connectivity index (χ3n) is 3.45. The summed E-state index contributed by atoms with van der Waals surface area (Å²) in [5.41, 5.74) is 1.82. The number of hydrogen-bond donors (Lipinski definition) is 2. The average molecular weight is 362 g/mol. The van der Waals surface area contributed by atoms with Crippen molar-refractivity contribution in [2.24, 2.45) is 0 Å². The number of nitrogens with zero attached hydrogens (tertiary/aromatic N) is 2. The smallest absolute Gasteiger partial charge is 0.286 e. The van der Waals surface area contributed by atoms with Crippen LogP contribution in [-0.2, 0) is 16.1 Å². The molecule has 1 unspecified atom stereocenters. The highest BCUT2D eigenvalue weighted by Crippen LogP contribution is 2.14. The lowest BCUT2D eigenvalue weighted by molar-refractivity contribution is -0.126. The summed E-state index contributed by atoms with van der Waals surface area (Å²) in [7, 11) is 0. The molecule has 1 aromatic carbocycles. The number of aromatic nitrogens is 2. The van der Waals surface area contributed by atoms with E-state index in [1.165, 1.54) is 0 Å². The maximum Gasteiger partial charge on any atom is 0.286 e. The molecule has 0 fully saturated rings. The van der Waals surface area contributed by atoms with Crippen molar-refractivity contribution in [2.45, 2.75) is 39.8 Å². The van der Waals surface area contributed by atoms with Crippen LogP contribution in [0.3, 0.4) is 0 Å². The second-order valence-electron chi connectivity index (χ2n) is 5.69. The molecular weight excluding hydrogens is 340 g/mol. The average Bonchev–Trinajstić information content (AvgIpc) is 3.06. The van der Waals surface area contributed by atoms with Gasteiger partial charge in [0.2, 0.25) is 10.9 Å². The van der Waals surface area contributed by atoms with E-state index in [9.17, 15) is 9.59 Å². The molecule has 2 N–H and O–H groups in total. The van der Waals surface area contributed by atoms with E-state index in [4.69, 9.17) is 4.74 Å². The zero-order valence-corrected chi connectivity index (χ0v) is 15.4. The van der Waals surface area contributed by atoms with Crippen LogP contribution in [0.1, 0.15) is 40.6 Å².